The summed E-state index contributed by atoms with van der Waals surface area (Å²) in [6.45, 7) is 7.99. The number of anilines is 2. The van der Waals surface area contributed by atoms with Crippen LogP contribution in [0.25, 0.3) is 0 Å². The summed E-state index contributed by atoms with van der Waals surface area (Å²) in [5.41, 5.74) is 2.64. The highest BCUT2D eigenvalue weighted by Gasteiger charge is 2.04. The number of amides is 1. The summed E-state index contributed by atoms with van der Waals surface area (Å²) in [7, 11) is 0. The molecule has 0 aliphatic carbocycles. The fraction of sp³-hybridized carbons (Fsp3) is 0.286. The molecule has 4 nitrogen and oxygen atoms in total. The maximum atomic E-state index is 11.4. The van der Waals surface area contributed by atoms with Crippen LogP contribution in [-0.4, -0.2) is 17.6 Å². The Labute approximate surface area is 119 Å². The Bertz CT molecular complexity index is 486. The molecule has 0 radical (unpaired) electrons. The number of carbonyl (C=O) groups excluding carboxylic acids is 1. The first-order valence-electron chi connectivity index (χ1n) is 6.13. The summed E-state index contributed by atoms with van der Waals surface area (Å²) in [5, 5.41) is 9.42. The lowest BCUT2D eigenvalue weighted by molar-refractivity contribution is -0.115. The Hall–Kier alpha value is -1.88. The second kappa shape index (κ2) is 7.53. The van der Waals surface area contributed by atoms with Crippen LogP contribution in [0.15, 0.2) is 30.9 Å². The number of rotatable bonds is 5. The van der Waals surface area contributed by atoms with E-state index in [4.69, 9.17) is 12.2 Å². The lowest BCUT2D eigenvalue weighted by atomic mass is 10.1. The van der Waals surface area contributed by atoms with Crippen molar-refractivity contribution in [2.24, 2.45) is 0 Å². The fourth-order valence-corrected chi connectivity index (χ4v) is 1.61. The van der Waals surface area contributed by atoms with Crippen molar-refractivity contribution in [1.29, 1.82) is 0 Å². The van der Waals surface area contributed by atoms with Crippen LogP contribution in [0.3, 0.4) is 0 Å². The summed E-state index contributed by atoms with van der Waals surface area (Å²) >= 11 is 5.13. The predicted octanol–water partition coefficient (Wildman–Crippen LogP) is 2.82. The highest BCUT2D eigenvalue weighted by molar-refractivity contribution is 7.80. The highest BCUT2D eigenvalue weighted by atomic mass is 32.1. The first kappa shape index (κ1) is 15.2. The van der Waals surface area contributed by atoms with E-state index >= 15 is 0 Å². The van der Waals surface area contributed by atoms with Crippen LogP contribution in [0.1, 0.15) is 18.9 Å². The van der Waals surface area contributed by atoms with E-state index in [1.807, 2.05) is 32.0 Å². The maximum Gasteiger partial charge on any atom is 0.224 e. The van der Waals surface area contributed by atoms with Crippen molar-refractivity contribution < 1.29 is 4.79 Å². The summed E-state index contributed by atoms with van der Waals surface area (Å²) in [4.78, 5) is 11.4. The Morgan fingerprint density at radius 2 is 2.16 bits per heavy atom. The van der Waals surface area contributed by atoms with Crippen LogP contribution >= 0.6 is 12.2 Å². The van der Waals surface area contributed by atoms with Gasteiger partial charge in [-0.05, 0) is 36.8 Å². The van der Waals surface area contributed by atoms with E-state index in [9.17, 15) is 4.79 Å². The van der Waals surface area contributed by atoms with Gasteiger partial charge in [0.15, 0.2) is 5.11 Å². The van der Waals surface area contributed by atoms with Crippen molar-refractivity contribution in [1.82, 2.24) is 5.32 Å². The molecule has 5 heteroatoms. The number of hydrogen-bond acceptors (Lipinski definition) is 2. The smallest absolute Gasteiger partial charge is 0.224 e. The summed E-state index contributed by atoms with van der Waals surface area (Å²) in [6.07, 6.45) is 2.19. The lowest BCUT2D eigenvalue weighted by Crippen LogP contribution is -2.28. The van der Waals surface area contributed by atoms with Gasteiger partial charge in [-0.3, -0.25) is 4.79 Å². The average Bonchev–Trinajstić information content (AvgIpc) is 2.40. The van der Waals surface area contributed by atoms with Gasteiger partial charge in [-0.25, -0.2) is 0 Å². The molecule has 3 N–H and O–H groups in total. The quantitative estimate of drug-likeness (QED) is 0.572. The van der Waals surface area contributed by atoms with E-state index in [1.165, 1.54) is 0 Å². The molecule has 0 aliphatic rings. The largest absolute Gasteiger partial charge is 0.359 e. The number of thiocarbonyl (C=S) groups is 1. The number of hydrogen-bond donors (Lipinski definition) is 3. The first-order chi connectivity index (χ1) is 9.06. The number of benzene rings is 1. The normalized spacial score (nSPS) is 9.58. The zero-order valence-corrected chi connectivity index (χ0v) is 12.1. The van der Waals surface area contributed by atoms with Crippen molar-refractivity contribution in [2.45, 2.75) is 20.3 Å². The van der Waals surface area contributed by atoms with Gasteiger partial charge in [0.25, 0.3) is 0 Å². The minimum absolute atomic E-state index is 0.00684. The Kier molecular flexibility index (Phi) is 6.02. The van der Waals surface area contributed by atoms with Crippen molar-refractivity contribution in [2.75, 3.05) is 17.2 Å². The monoisotopic (exact) mass is 277 g/mol. The highest BCUT2D eigenvalue weighted by Crippen LogP contribution is 2.20. The molecule has 0 spiro atoms. The summed E-state index contributed by atoms with van der Waals surface area (Å²) in [6, 6.07) is 5.72. The SMILES string of the molecule is C=CCNC(=S)Nc1ccc(C)c(NC(=O)CC)c1. The Morgan fingerprint density at radius 1 is 1.42 bits per heavy atom. The van der Waals surface area contributed by atoms with Gasteiger partial charge in [-0.2, -0.15) is 0 Å². The molecule has 0 bridgehead atoms. The molecule has 0 aromatic heterocycles. The predicted molar refractivity (Wildman–Crippen MR) is 84.5 cm³/mol. The number of nitrogens with one attached hydrogen (secondary N) is 3. The van der Waals surface area contributed by atoms with Gasteiger partial charge in [0.05, 0.1) is 0 Å². The molecular weight excluding hydrogens is 258 g/mol. The number of carbonyl (C=O) groups is 1. The van der Waals surface area contributed by atoms with Crippen LogP contribution in [0, 0.1) is 6.92 Å². The van der Waals surface area contributed by atoms with Crippen LogP contribution in [-0.2, 0) is 4.79 Å². The molecule has 0 saturated carbocycles. The van der Waals surface area contributed by atoms with Gasteiger partial charge in [-0.1, -0.05) is 19.1 Å². The Balaban J connectivity index is 2.75. The van der Waals surface area contributed by atoms with Gasteiger partial charge < -0.3 is 16.0 Å². The molecule has 102 valence electrons. The first-order valence-corrected chi connectivity index (χ1v) is 6.54. The minimum Gasteiger partial charge on any atom is -0.359 e. The van der Waals surface area contributed by atoms with Crippen LogP contribution in [0.4, 0.5) is 11.4 Å². The van der Waals surface area contributed by atoms with Crippen molar-refractivity contribution in [3.05, 3.63) is 36.4 Å². The van der Waals surface area contributed by atoms with E-state index in [0.29, 0.717) is 18.1 Å². The van der Waals surface area contributed by atoms with Crippen LogP contribution < -0.4 is 16.0 Å². The van der Waals surface area contributed by atoms with Crippen LogP contribution in [0.2, 0.25) is 0 Å². The van der Waals surface area contributed by atoms with Gasteiger partial charge in [0.2, 0.25) is 5.91 Å². The summed E-state index contributed by atoms with van der Waals surface area (Å²) < 4.78 is 0. The average molecular weight is 277 g/mol. The number of aryl methyl sites for hydroxylation is 1. The molecule has 0 aliphatic heterocycles. The van der Waals surface area contributed by atoms with Gasteiger partial charge in [-0.15, -0.1) is 6.58 Å². The van der Waals surface area contributed by atoms with Crippen molar-refractivity contribution >= 4 is 34.6 Å². The lowest BCUT2D eigenvalue weighted by Gasteiger charge is -2.12. The molecule has 0 atom stereocenters. The van der Waals surface area contributed by atoms with Crippen LogP contribution in [0.5, 0.6) is 0 Å². The molecule has 0 unspecified atom stereocenters. The third-order valence-corrected chi connectivity index (χ3v) is 2.74. The zero-order chi connectivity index (χ0) is 14.3. The molecule has 0 heterocycles. The molecule has 19 heavy (non-hydrogen) atoms. The van der Waals surface area contributed by atoms with Crippen molar-refractivity contribution in [3.8, 4) is 0 Å². The Morgan fingerprint density at radius 3 is 2.79 bits per heavy atom. The second-order valence-electron chi connectivity index (χ2n) is 4.06. The van der Waals surface area contributed by atoms with E-state index in [0.717, 1.165) is 16.9 Å². The van der Waals surface area contributed by atoms with E-state index in [-0.39, 0.29) is 5.91 Å². The third-order valence-electron chi connectivity index (χ3n) is 2.50. The van der Waals surface area contributed by atoms with E-state index in [2.05, 4.69) is 22.5 Å². The summed E-state index contributed by atoms with van der Waals surface area (Å²) in [5.74, 6) is -0.00684. The molecule has 0 saturated heterocycles. The van der Waals surface area contributed by atoms with E-state index in [1.54, 1.807) is 6.08 Å². The molecule has 1 amide bonds. The second-order valence-corrected chi connectivity index (χ2v) is 4.46. The standard InChI is InChI=1S/C14H19N3OS/c1-4-8-15-14(19)16-11-7-6-10(3)12(9-11)17-13(18)5-2/h4,6-7,9H,1,5,8H2,2-3H3,(H,17,18)(H2,15,16,19). The zero-order valence-electron chi connectivity index (χ0n) is 11.2. The molecule has 1 aromatic carbocycles. The minimum atomic E-state index is -0.00684. The molecule has 1 aromatic rings. The van der Waals surface area contributed by atoms with Crippen molar-refractivity contribution in [3.63, 3.8) is 0 Å². The molecule has 1 rings (SSSR count). The molecule has 0 fully saturated rings. The van der Waals surface area contributed by atoms with Gasteiger partial charge >= 0.3 is 0 Å². The van der Waals surface area contributed by atoms with Gasteiger partial charge in [0, 0.05) is 24.3 Å². The third kappa shape index (κ3) is 5.09. The fourth-order valence-electron chi connectivity index (χ4n) is 1.41. The molecular formula is C14H19N3OS. The van der Waals surface area contributed by atoms with Gasteiger partial charge in [0.1, 0.15) is 0 Å². The van der Waals surface area contributed by atoms with E-state index < -0.39 is 0 Å². The maximum absolute atomic E-state index is 11.4. The topological polar surface area (TPSA) is 53.2 Å².